The Bertz CT molecular complexity index is 581. The van der Waals surface area contributed by atoms with Crippen molar-refractivity contribution in [3.63, 3.8) is 0 Å². The summed E-state index contributed by atoms with van der Waals surface area (Å²) in [4.78, 5) is 2.41. The van der Waals surface area contributed by atoms with Crippen molar-refractivity contribution in [1.29, 1.82) is 0 Å². The van der Waals surface area contributed by atoms with Gasteiger partial charge in [-0.3, -0.25) is 0 Å². The van der Waals surface area contributed by atoms with Crippen molar-refractivity contribution in [2.45, 2.75) is 18.4 Å². The quantitative estimate of drug-likeness (QED) is 0.856. The first-order chi connectivity index (χ1) is 9.98. The van der Waals surface area contributed by atoms with Crippen LogP contribution in [0.1, 0.15) is 12.5 Å². The van der Waals surface area contributed by atoms with Crippen LogP contribution in [-0.4, -0.2) is 57.5 Å². The first-order valence-electron chi connectivity index (χ1n) is 7.13. The zero-order chi connectivity index (χ0) is 15.5. The normalized spacial score (nSPS) is 17.9. The minimum absolute atomic E-state index is 0.251. The summed E-state index contributed by atoms with van der Waals surface area (Å²) >= 11 is 0. The SMILES string of the molecule is CCOc1ccc(S(=O)(=O)N2CCN(C)CC2)cc1CN. The standard InChI is InChI=1S/C14H23N3O3S/c1-3-20-14-5-4-13(10-12(14)11-15)21(18,19)17-8-6-16(2)7-9-17/h4-5,10H,3,6-9,11,15H2,1-2H3. The fourth-order valence-corrected chi connectivity index (χ4v) is 3.82. The van der Waals surface area contributed by atoms with Crippen LogP contribution in [-0.2, 0) is 16.6 Å². The number of benzene rings is 1. The van der Waals surface area contributed by atoms with Crippen molar-refractivity contribution in [2.75, 3.05) is 39.8 Å². The molecule has 1 aliphatic heterocycles. The Hall–Kier alpha value is -1.15. The third kappa shape index (κ3) is 3.55. The van der Waals surface area contributed by atoms with Crippen LogP contribution in [0.3, 0.4) is 0 Å². The highest BCUT2D eigenvalue weighted by molar-refractivity contribution is 7.89. The summed E-state index contributed by atoms with van der Waals surface area (Å²) in [5.74, 6) is 0.650. The Labute approximate surface area is 126 Å². The van der Waals surface area contributed by atoms with Gasteiger partial charge < -0.3 is 15.4 Å². The van der Waals surface area contributed by atoms with Gasteiger partial charge in [-0.1, -0.05) is 0 Å². The van der Waals surface area contributed by atoms with Gasteiger partial charge in [0.2, 0.25) is 10.0 Å². The van der Waals surface area contributed by atoms with Crippen molar-refractivity contribution < 1.29 is 13.2 Å². The molecule has 0 bridgehead atoms. The number of nitrogens with two attached hydrogens (primary N) is 1. The summed E-state index contributed by atoms with van der Waals surface area (Å²) in [6.45, 7) is 5.20. The molecule has 0 unspecified atom stereocenters. The first-order valence-corrected chi connectivity index (χ1v) is 8.57. The highest BCUT2D eigenvalue weighted by Crippen LogP contribution is 2.25. The first kappa shape index (κ1) is 16.2. The van der Waals surface area contributed by atoms with E-state index in [9.17, 15) is 8.42 Å². The summed E-state index contributed by atoms with van der Waals surface area (Å²) in [6.07, 6.45) is 0. The van der Waals surface area contributed by atoms with Crippen LogP contribution in [0.2, 0.25) is 0 Å². The molecule has 2 N–H and O–H groups in total. The minimum Gasteiger partial charge on any atom is -0.494 e. The van der Waals surface area contributed by atoms with E-state index >= 15 is 0 Å². The van der Waals surface area contributed by atoms with Crippen LogP contribution < -0.4 is 10.5 Å². The molecule has 1 fully saturated rings. The fourth-order valence-electron chi connectivity index (χ4n) is 2.35. The zero-order valence-electron chi connectivity index (χ0n) is 12.6. The van der Waals surface area contributed by atoms with E-state index in [-0.39, 0.29) is 11.4 Å². The maximum Gasteiger partial charge on any atom is 0.243 e. The summed E-state index contributed by atoms with van der Waals surface area (Å²) in [7, 11) is -1.46. The largest absolute Gasteiger partial charge is 0.494 e. The topological polar surface area (TPSA) is 75.9 Å². The lowest BCUT2D eigenvalue weighted by molar-refractivity contribution is 0.222. The second kappa shape index (κ2) is 6.74. The van der Waals surface area contributed by atoms with Gasteiger partial charge in [0.05, 0.1) is 11.5 Å². The predicted octanol–water partition coefficient (Wildman–Crippen LogP) is 0.480. The average molecular weight is 313 g/mol. The van der Waals surface area contributed by atoms with Crippen molar-refractivity contribution in [3.8, 4) is 5.75 Å². The van der Waals surface area contributed by atoms with Crippen LogP contribution in [0.15, 0.2) is 23.1 Å². The Kier molecular flexibility index (Phi) is 5.21. The monoisotopic (exact) mass is 313 g/mol. The highest BCUT2D eigenvalue weighted by atomic mass is 32.2. The minimum atomic E-state index is -3.45. The zero-order valence-corrected chi connectivity index (χ0v) is 13.4. The van der Waals surface area contributed by atoms with E-state index in [1.807, 2.05) is 14.0 Å². The van der Waals surface area contributed by atoms with Gasteiger partial charge >= 0.3 is 0 Å². The molecule has 6 nitrogen and oxygen atoms in total. The molecular formula is C14H23N3O3S. The van der Waals surface area contributed by atoms with E-state index in [0.29, 0.717) is 31.0 Å². The van der Waals surface area contributed by atoms with Crippen molar-refractivity contribution in [3.05, 3.63) is 23.8 Å². The van der Waals surface area contributed by atoms with Gasteiger partial charge in [-0.15, -0.1) is 0 Å². The lowest BCUT2D eigenvalue weighted by Crippen LogP contribution is -2.47. The molecule has 0 spiro atoms. The second-order valence-electron chi connectivity index (χ2n) is 5.11. The lowest BCUT2D eigenvalue weighted by Gasteiger charge is -2.31. The molecule has 0 saturated carbocycles. The fraction of sp³-hybridized carbons (Fsp3) is 0.571. The molecule has 1 saturated heterocycles. The molecule has 0 amide bonds. The third-order valence-corrected chi connectivity index (χ3v) is 5.55. The molecule has 1 aromatic rings. The Morgan fingerprint density at radius 2 is 1.90 bits per heavy atom. The molecule has 0 aromatic heterocycles. The number of sulfonamides is 1. The number of likely N-dealkylation sites (N-methyl/N-ethyl adjacent to an activating group) is 1. The van der Waals surface area contributed by atoms with Gasteiger partial charge in [0.15, 0.2) is 0 Å². The predicted molar refractivity (Wildman–Crippen MR) is 81.8 cm³/mol. The Morgan fingerprint density at radius 3 is 2.48 bits per heavy atom. The maximum absolute atomic E-state index is 12.7. The van der Waals surface area contributed by atoms with Crippen molar-refractivity contribution in [2.24, 2.45) is 5.73 Å². The van der Waals surface area contributed by atoms with Crippen molar-refractivity contribution in [1.82, 2.24) is 9.21 Å². The second-order valence-corrected chi connectivity index (χ2v) is 7.05. The van der Waals surface area contributed by atoms with Gasteiger partial charge in [-0.25, -0.2) is 8.42 Å². The van der Waals surface area contributed by atoms with Crippen LogP contribution in [0.5, 0.6) is 5.75 Å². The molecule has 7 heteroatoms. The molecule has 1 aliphatic rings. The van der Waals surface area contributed by atoms with Crippen LogP contribution in [0, 0.1) is 0 Å². The summed E-state index contributed by atoms with van der Waals surface area (Å²) in [5.41, 5.74) is 6.41. The van der Waals surface area contributed by atoms with Crippen molar-refractivity contribution >= 4 is 10.0 Å². The van der Waals surface area contributed by atoms with Crippen LogP contribution >= 0.6 is 0 Å². The molecule has 1 aromatic carbocycles. The Morgan fingerprint density at radius 1 is 1.24 bits per heavy atom. The van der Waals surface area contributed by atoms with Crippen LogP contribution in [0.25, 0.3) is 0 Å². The molecule has 2 rings (SSSR count). The molecule has 1 heterocycles. The summed E-state index contributed by atoms with van der Waals surface area (Å²) < 4.78 is 32.3. The van der Waals surface area contributed by atoms with Gasteiger partial charge in [0, 0.05) is 38.3 Å². The molecule has 21 heavy (non-hydrogen) atoms. The number of piperazine rings is 1. The third-order valence-electron chi connectivity index (χ3n) is 3.65. The number of rotatable bonds is 5. The van der Waals surface area contributed by atoms with E-state index in [0.717, 1.165) is 13.1 Å². The Balaban J connectivity index is 2.27. The number of ether oxygens (including phenoxy) is 1. The van der Waals surface area contributed by atoms with Gasteiger partial charge in [-0.05, 0) is 32.2 Å². The highest BCUT2D eigenvalue weighted by Gasteiger charge is 2.27. The lowest BCUT2D eigenvalue weighted by atomic mass is 10.2. The van der Waals surface area contributed by atoms with E-state index < -0.39 is 10.0 Å². The molecule has 0 atom stereocenters. The molecule has 0 aliphatic carbocycles. The van der Waals surface area contributed by atoms with Crippen LogP contribution in [0.4, 0.5) is 0 Å². The molecule has 118 valence electrons. The van der Waals surface area contributed by atoms with E-state index in [4.69, 9.17) is 10.5 Å². The number of hydrogen-bond donors (Lipinski definition) is 1. The molecule has 0 radical (unpaired) electrons. The average Bonchev–Trinajstić information content (AvgIpc) is 2.48. The number of nitrogens with zero attached hydrogens (tertiary/aromatic N) is 2. The van der Waals surface area contributed by atoms with E-state index in [2.05, 4.69) is 4.90 Å². The van der Waals surface area contributed by atoms with E-state index in [1.165, 1.54) is 4.31 Å². The van der Waals surface area contributed by atoms with E-state index in [1.54, 1.807) is 18.2 Å². The van der Waals surface area contributed by atoms with Gasteiger partial charge in [-0.2, -0.15) is 4.31 Å². The summed E-state index contributed by atoms with van der Waals surface area (Å²) in [6, 6.07) is 4.91. The summed E-state index contributed by atoms with van der Waals surface area (Å²) in [5, 5.41) is 0. The maximum atomic E-state index is 12.7. The van der Waals surface area contributed by atoms with Gasteiger partial charge in [0.25, 0.3) is 0 Å². The smallest absolute Gasteiger partial charge is 0.243 e. The molecular weight excluding hydrogens is 290 g/mol. The number of hydrogen-bond acceptors (Lipinski definition) is 5. The van der Waals surface area contributed by atoms with Gasteiger partial charge in [0.1, 0.15) is 5.75 Å².